The van der Waals surface area contributed by atoms with Crippen molar-refractivity contribution in [1.29, 1.82) is 0 Å². The van der Waals surface area contributed by atoms with Crippen LogP contribution in [0.2, 0.25) is 0 Å². The second-order valence-corrected chi connectivity index (χ2v) is 6.40. The third kappa shape index (κ3) is 4.79. The Labute approximate surface area is 123 Å². The molecule has 1 saturated carbocycles. The van der Waals surface area contributed by atoms with Gasteiger partial charge in [-0.2, -0.15) is 0 Å². The molecule has 0 bridgehead atoms. The first-order valence-corrected chi connectivity index (χ1v) is 7.66. The van der Waals surface area contributed by atoms with Crippen LogP contribution in [0.3, 0.4) is 0 Å². The summed E-state index contributed by atoms with van der Waals surface area (Å²) >= 11 is 3.56. The van der Waals surface area contributed by atoms with E-state index in [4.69, 9.17) is 4.74 Å². The molecule has 0 spiro atoms. The maximum atomic E-state index is 9.95. The molecule has 0 saturated heterocycles. The van der Waals surface area contributed by atoms with Crippen LogP contribution in [0.5, 0.6) is 5.75 Å². The molecule has 1 atom stereocenters. The first-order valence-electron chi connectivity index (χ1n) is 6.87. The van der Waals surface area contributed by atoms with Gasteiger partial charge in [-0.1, -0.05) is 22.9 Å². The van der Waals surface area contributed by atoms with Crippen molar-refractivity contribution in [3.05, 3.63) is 28.2 Å². The first-order chi connectivity index (χ1) is 9.00. The minimum absolute atomic E-state index is 0.320. The lowest BCUT2D eigenvalue weighted by atomic mass is 10.1. The fourth-order valence-electron chi connectivity index (χ4n) is 1.66. The lowest BCUT2D eigenvalue weighted by molar-refractivity contribution is 0.00844. The summed E-state index contributed by atoms with van der Waals surface area (Å²) in [7, 11) is 0. The van der Waals surface area contributed by atoms with Crippen molar-refractivity contribution in [3.8, 4) is 5.75 Å². The Kier molecular flexibility index (Phi) is 4.87. The molecule has 0 aromatic heterocycles. The lowest BCUT2D eigenvalue weighted by Gasteiger charge is -2.21. The van der Waals surface area contributed by atoms with Gasteiger partial charge in [0.2, 0.25) is 0 Å². The molecule has 0 radical (unpaired) electrons. The summed E-state index contributed by atoms with van der Waals surface area (Å²) in [4.78, 5) is 0. The predicted molar refractivity (Wildman–Crippen MR) is 80.4 cm³/mol. The fraction of sp³-hybridized carbons (Fsp3) is 0.600. The highest BCUT2D eigenvalue weighted by atomic mass is 79.9. The normalized spacial score (nSPS) is 18.1. The van der Waals surface area contributed by atoms with E-state index in [1.807, 2.05) is 25.1 Å². The number of nitrogens with one attached hydrogen (secondary N) is 1. The van der Waals surface area contributed by atoms with Gasteiger partial charge in [0.15, 0.2) is 0 Å². The van der Waals surface area contributed by atoms with E-state index < -0.39 is 5.60 Å². The molecule has 4 heteroatoms. The first kappa shape index (κ1) is 14.8. The molecule has 3 nitrogen and oxygen atoms in total. The number of hydrogen-bond donors (Lipinski definition) is 2. The molecule has 1 aliphatic carbocycles. The topological polar surface area (TPSA) is 41.5 Å². The van der Waals surface area contributed by atoms with Gasteiger partial charge in [0.1, 0.15) is 12.4 Å². The van der Waals surface area contributed by atoms with Crippen molar-refractivity contribution in [2.24, 2.45) is 0 Å². The Morgan fingerprint density at radius 2 is 2.21 bits per heavy atom. The lowest BCUT2D eigenvalue weighted by Crippen LogP contribution is -2.31. The van der Waals surface area contributed by atoms with E-state index in [2.05, 4.69) is 21.2 Å². The van der Waals surface area contributed by atoms with Gasteiger partial charge in [-0.25, -0.2) is 0 Å². The van der Waals surface area contributed by atoms with Crippen molar-refractivity contribution in [1.82, 2.24) is 5.32 Å². The maximum Gasteiger partial charge on any atom is 0.119 e. The van der Waals surface area contributed by atoms with Crippen LogP contribution in [0.15, 0.2) is 22.7 Å². The fourth-order valence-corrected chi connectivity index (χ4v) is 2.05. The third-order valence-electron chi connectivity index (χ3n) is 3.49. The zero-order valence-corrected chi connectivity index (χ0v) is 13.2. The molecule has 0 heterocycles. The molecule has 2 N–H and O–H groups in total. The van der Waals surface area contributed by atoms with E-state index in [0.717, 1.165) is 16.8 Å². The highest BCUT2D eigenvalue weighted by Crippen LogP contribution is 2.25. The Balaban J connectivity index is 1.94. The van der Waals surface area contributed by atoms with E-state index in [1.54, 1.807) is 6.92 Å². The summed E-state index contributed by atoms with van der Waals surface area (Å²) < 4.78 is 6.77. The summed E-state index contributed by atoms with van der Waals surface area (Å²) in [5, 5.41) is 13.4. The van der Waals surface area contributed by atoms with E-state index in [1.165, 1.54) is 18.4 Å². The monoisotopic (exact) mass is 327 g/mol. The summed E-state index contributed by atoms with van der Waals surface area (Å²) in [5.41, 5.74) is 0.431. The van der Waals surface area contributed by atoms with E-state index >= 15 is 0 Å². The minimum atomic E-state index is -0.764. The van der Waals surface area contributed by atoms with Gasteiger partial charge in [0, 0.05) is 17.1 Å². The van der Waals surface area contributed by atoms with Gasteiger partial charge < -0.3 is 15.2 Å². The minimum Gasteiger partial charge on any atom is -0.491 e. The van der Waals surface area contributed by atoms with Crippen LogP contribution in [0, 0.1) is 0 Å². The van der Waals surface area contributed by atoms with E-state index in [0.29, 0.717) is 19.1 Å². The molecular weight excluding hydrogens is 306 g/mol. The van der Waals surface area contributed by atoms with Crippen LogP contribution in [-0.4, -0.2) is 23.4 Å². The molecular formula is C15H22BrNO2. The van der Waals surface area contributed by atoms with Crippen LogP contribution in [0.25, 0.3) is 0 Å². The average Bonchev–Trinajstić information content (AvgIpc) is 3.20. The molecule has 1 aromatic rings. The zero-order valence-electron chi connectivity index (χ0n) is 11.6. The second kappa shape index (κ2) is 6.25. The Bertz CT molecular complexity index is 430. The SMILES string of the molecule is CCC(C)(O)COc1ccc(Br)c(CNC2CC2)c1. The number of hydrogen-bond acceptors (Lipinski definition) is 3. The van der Waals surface area contributed by atoms with Crippen molar-refractivity contribution in [2.45, 2.75) is 51.3 Å². The standard InChI is InChI=1S/C15H22BrNO2/c1-3-15(2,18)10-19-13-6-7-14(16)11(8-13)9-17-12-4-5-12/h6-8,12,17-18H,3-5,9-10H2,1-2H3. The Morgan fingerprint density at radius 1 is 1.47 bits per heavy atom. The van der Waals surface area contributed by atoms with Gasteiger partial charge in [-0.15, -0.1) is 0 Å². The van der Waals surface area contributed by atoms with Crippen LogP contribution in [0.4, 0.5) is 0 Å². The quantitative estimate of drug-likeness (QED) is 0.807. The summed E-state index contributed by atoms with van der Waals surface area (Å²) in [5.74, 6) is 0.810. The van der Waals surface area contributed by atoms with Crippen molar-refractivity contribution in [2.75, 3.05) is 6.61 Å². The van der Waals surface area contributed by atoms with Crippen LogP contribution >= 0.6 is 15.9 Å². The molecule has 2 rings (SSSR count). The third-order valence-corrected chi connectivity index (χ3v) is 4.26. The predicted octanol–water partition coefficient (Wildman–Crippen LogP) is 3.24. The number of benzene rings is 1. The van der Waals surface area contributed by atoms with Gasteiger partial charge in [0.25, 0.3) is 0 Å². The molecule has 1 fully saturated rings. The molecule has 19 heavy (non-hydrogen) atoms. The number of halogens is 1. The summed E-state index contributed by atoms with van der Waals surface area (Å²) in [6, 6.07) is 6.65. The van der Waals surface area contributed by atoms with Gasteiger partial charge >= 0.3 is 0 Å². The highest BCUT2D eigenvalue weighted by molar-refractivity contribution is 9.10. The summed E-state index contributed by atoms with van der Waals surface area (Å²) in [6.07, 6.45) is 3.25. The molecule has 1 unspecified atom stereocenters. The average molecular weight is 328 g/mol. The molecule has 106 valence electrons. The summed E-state index contributed by atoms with van der Waals surface area (Å²) in [6.45, 7) is 4.92. The van der Waals surface area contributed by atoms with Crippen LogP contribution in [0.1, 0.15) is 38.7 Å². The maximum absolute atomic E-state index is 9.95. The number of aliphatic hydroxyl groups is 1. The van der Waals surface area contributed by atoms with E-state index in [9.17, 15) is 5.11 Å². The highest BCUT2D eigenvalue weighted by Gasteiger charge is 2.21. The van der Waals surface area contributed by atoms with E-state index in [-0.39, 0.29) is 0 Å². The Hall–Kier alpha value is -0.580. The van der Waals surface area contributed by atoms with Crippen molar-refractivity contribution >= 4 is 15.9 Å². The van der Waals surface area contributed by atoms with Crippen molar-refractivity contribution < 1.29 is 9.84 Å². The number of ether oxygens (including phenoxy) is 1. The van der Waals surface area contributed by atoms with Gasteiger partial charge in [0.05, 0.1) is 5.60 Å². The largest absolute Gasteiger partial charge is 0.491 e. The smallest absolute Gasteiger partial charge is 0.119 e. The van der Waals surface area contributed by atoms with Crippen LogP contribution in [-0.2, 0) is 6.54 Å². The van der Waals surface area contributed by atoms with Gasteiger partial charge in [-0.3, -0.25) is 0 Å². The van der Waals surface area contributed by atoms with Crippen molar-refractivity contribution in [3.63, 3.8) is 0 Å². The Morgan fingerprint density at radius 3 is 2.84 bits per heavy atom. The molecule has 1 aromatic carbocycles. The molecule has 0 aliphatic heterocycles. The molecule has 0 amide bonds. The van der Waals surface area contributed by atoms with Crippen LogP contribution < -0.4 is 10.1 Å². The molecule has 1 aliphatic rings. The zero-order chi connectivity index (χ0) is 13.9. The second-order valence-electron chi connectivity index (χ2n) is 5.55. The number of rotatable bonds is 7. The van der Waals surface area contributed by atoms with Gasteiger partial charge in [-0.05, 0) is 49.9 Å².